The van der Waals surface area contributed by atoms with Crippen molar-refractivity contribution in [3.63, 3.8) is 0 Å². The van der Waals surface area contributed by atoms with Gasteiger partial charge in [-0.1, -0.05) is 50.2 Å². The number of nitrogens with zero attached hydrogens (tertiary/aromatic N) is 1. The first-order valence-electron chi connectivity index (χ1n) is 11.0. The number of carbonyl (C=O) groups is 2. The largest absolute Gasteiger partial charge is 0.341 e. The zero-order valence-corrected chi connectivity index (χ0v) is 17.7. The van der Waals surface area contributed by atoms with E-state index in [0.717, 1.165) is 47.4 Å². The van der Waals surface area contributed by atoms with Crippen molar-refractivity contribution >= 4 is 17.3 Å². The molecule has 0 radical (unpaired) electrons. The normalized spacial score (nSPS) is 24.4. The monoisotopic (exact) mass is 413 g/mol. The molecule has 156 valence electrons. The smallest absolute Gasteiger partial charge is 0.192 e. The van der Waals surface area contributed by atoms with Crippen LogP contribution in [0.2, 0.25) is 0 Å². The van der Waals surface area contributed by atoms with Crippen LogP contribution in [0.3, 0.4) is 0 Å². The van der Waals surface area contributed by atoms with Gasteiger partial charge in [0.1, 0.15) is 5.82 Å². The molecule has 0 saturated heterocycles. The van der Waals surface area contributed by atoms with Crippen molar-refractivity contribution in [2.45, 2.75) is 51.5 Å². The molecule has 1 atom stereocenters. The molecule has 1 aliphatic heterocycles. The lowest BCUT2D eigenvalue weighted by Gasteiger charge is -2.45. The molecule has 3 aliphatic carbocycles. The van der Waals surface area contributed by atoms with Crippen molar-refractivity contribution in [2.75, 3.05) is 0 Å². The first kappa shape index (κ1) is 18.7. The Morgan fingerprint density at radius 1 is 0.903 bits per heavy atom. The van der Waals surface area contributed by atoms with Crippen molar-refractivity contribution in [3.05, 3.63) is 87.9 Å². The highest BCUT2D eigenvalue weighted by Crippen LogP contribution is 2.57. The third kappa shape index (κ3) is 2.70. The molecule has 3 nitrogen and oxygen atoms in total. The van der Waals surface area contributed by atoms with Crippen LogP contribution in [0, 0.1) is 11.2 Å². The van der Waals surface area contributed by atoms with Gasteiger partial charge in [0.15, 0.2) is 11.6 Å². The standard InChI is InChI=1S/C27H24FNO2/c1-27(2)13-20-23(21(30)14-27)22(15-7-9-16(28)10-8-15)24-25(29(20)17-11-12-17)18-5-3-4-6-19(18)26(24)31/h3-10,17,22H,11-14H2,1-2H3. The Balaban J connectivity index is 1.65. The summed E-state index contributed by atoms with van der Waals surface area (Å²) in [5.41, 5.74) is 5.83. The van der Waals surface area contributed by atoms with Crippen LogP contribution in [0.15, 0.2) is 65.4 Å². The lowest BCUT2D eigenvalue weighted by molar-refractivity contribution is -0.118. The molecular weight excluding hydrogens is 389 g/mol. The van der Waals surface area contributed by atoms with Crippen molar-refractivity contribution in [1.82, 2.24) is 4.90 Å². The summed E-state index contributed by atoms with van der Waals surface area (Å²) in [4.78, 5) is 29.6. The summed E-state index contributed by atoms with van der Waals surface area (Å²) in [5, 5.41) is 0. The SMILES string of the molecule is CC1(C)CC(=O)C2=C(C1)N(C1CC1)C1=C(C(=O)c3ccccc31)C2c1ccc(F)cc1. The van der Waals surface area contributed by atoms with E-state index in [0.29, 0.717) is 23.6 Å². The van der Waals surface area contributed by atoms with Gasteiger partial charge in [0, 0.05) is 46.4 Å². The van der Waals surface area contributed by atoms with Gasteiger partial charge in [0.2, 0.25) is 0 Å². The molecule has 0 amide bonds. The molecule has 0 aromatic heterocycles. The van der Waals surface area contributed by atoms with E-state index in [4.69, 9.17) is 0 Å². The third-order valence-electron chi connectivity index (χ3n) is 7.05. The Hall–Kier alpha value is -3.01. The highest BCUT2D eigenvalue weighted by Gasteiger charge is 2.51. The average Bonchev–Trinajstić information content (AvgIpc) is 3.52. The molecule has 0 bridgehead atoms. The zero-order valence-electron chi connectivity index (χ0n) is 17.7. The minimum Gasteiger partial charge on any atom is -0.341 e. The summed E-state index contributed by atoms with van der Waals surface area (Å²) in [6.45, 7) is 4.29. The van der Waals surface area contributed by atoms with Gasteiger partial charge in [-0.25, -0.2) is 4.39 Å². The van der Waals surface area contributed by atoms with Crippen molar-refractivity contribution < 1.29 is 14.0 Å². The fourth-order valence-electron chi connectivity index (χ4n) is 5.66. The number of fused-ring (bicyclic) bond motifs is 2. The van der Waals surface area contributed by atoms with Crippen LogP contribution < -0.4 is 0 Å². The van der Waals surface area contributed by atoms with Gasteiger partial charge in [-0.2, -0.15) is 0 Å². The molecule has 1 fully saturated rings. The zero-order chi connectivity index (χ0) is 21.5. The van der Waals surface area contributed by atoms with E-state index in [1.165, 1.54) is 12.1 Å². The molecule has 4 aliphatic rings. The quantitative estimate of drug-likeness (QED) is 0.640. The van der Waals surface area contributed by atoms with Crippen LogP contribution in [0.1, 0.15) is 66.9 Å². The van der Waals surface area contributed by atoms with Crippen LogP contribution in [0.4, 0.5) is 4.39 Å². The second kappa shape index (κ2) is 6.25. The summed E-state index contributed by atoms with van der Waals surface area (Å²) in [7, 11) is 0. The van der Waals surface area contributed by atoms with E-state index in [1.54, 1.807) is 12.1 Å². The maximum absolute atomic E-state index is 13.7. The second-order valence-electron chi connectivity index (χ2n) is 10.0. The number of hydrogen-bond donors (Lipinski definition) is 0. The molecule has 2 aromatic carbocycles. The van der Waals surface area contributed by atoms with Crippen molar-refractivity contribution in [1.29, 1.82) is 0 Å². The molecule has 0 N–H and O–H groups in total. The Kier molecular flexibility index (Phi) is 3.78. The molecule has 1 heterocycles. The Labute approximate surface area is 181 Å². The van der Waals surface area contributed by atoms with Crippen molar-refractivity contribution in [2.24, 2.45) is 5.41 Å². The van der Waals surface area contributed by atoms with Gasteiger partial charge in [-0.3, -0.25) is 9.59 Å². The topological polar surface area (TPSA) is 37.4 Å². The minimum atomic E-state index is -0.441. The molecule has 31 heavy (non-hydrogen) atoms. The second-order valence-corrected chi connectivity index (χ2v) is 10.0. The summed E-state index contributed by atoms with van der Waals surface area (Å²) in [5.74, 6) is -0.653. The van der Waals surface area contributed by atoms with Gasteiger partial charge in [-0.05, 0) is 42.4 Å². The number of rotatable bonds is 2. The lowest BCUT2D eigenvalue weighted by atomic mass is 9.68. The number of benzene rings is 2. The van der Waals surface area contributed by atoms with Gasteiger partial charge in [0.25, 0.3) is 0 Å². The molecule has 1 saturated carbocycles. The number of Topliss-reactive ketones (excluding diaryl/α,β-unsaturated/α-hetero) is 2. The van der Waals surface area contributed by atoms with Crippen LogP contribution >= 0.6 is 0 Å². The maximum atomic E-state index is 13.7. The fourth-order valence-corrected chi connectivity index (χ4v) is 5.66. The Morgan fingerprint density at radius 2 is 1.58 bits per heavy atom. The van der Waals surface area contributed by atoms with E-state index < -0.39 is 5.92 Å². The molecule has 4 heteroatoms. The summed E-state index contributed by atoms with van der Waals surface area (Å²) in [6.07, 6.45) is 3.40. The minimum absolute atomic E-state index is 0.00485. The highest BCUT2D eigenvalue weighted by molar-refractivity contribution is 6.23. The summed E-state index contributed by atoms with van der Waals surface area (Å²) < 4.78 is 13.7. The highest BCUT2D eigenvalue weighted by atomic mass is 19.1. The van der Waals surface area contributed by atoms with E-state index in [9.17, 15) is 14.0 Å². The Bertz CT molecular complexity index is 1210. The Morgan fingerprint density at radius 3 is 2.26 bits per heavy atom. The van der Waals surface area contributed by atoms with Crippen LogP contribution in [0.5, 0.6) is 0 Å². The fraction of sp³-hybridized carbons (Fsp3) is 0.333. The maximum Gasteiger partial charge on any atom is 0.192 e. The number of carbonyl (C=O) groups excluding carboxylic acids is 2. The van der Waals surface area contributed by atoms with E-state index in [1.807, 2.05) is 24.3 Å². The molecule has 0 spiro atoms. The summed E-state index contributed by atoms with van der Waals surface area (Å²) in [6, 6.07) is 14.4. The lowest BCUT2D eigenvalue weighted by Crippen LogP contribution is -2.40. The van der Waals surface area contributed by atoms with Gasteiger partial charge in [-0.15, -0.1) is 0 Å². The summed E-state index contributed by atoms with van der Waals surface area (Å²) >= 11 is 0. The average molecular weight is 413 g/mol. The first-order valence-corrected chi connectivity index (χ1v) is 11.0. The number of allylic oxidation sites excluding steroid dienone is 3. The molecular formula is C27H24FNO2. The predicted molar refractivity (Wildman–Crippen MR) is 117 cm³/mol. The van der Waals surface area contributed by atoms with Gasteiger partial charge < -0.3 is 4.90 Å². The van der Waals surface area contributed by atoms with Crippen LogP contribution in [0.25, 0.3) is 5.70 Å². The van der Waals surface area contributed by atoms with Crippen LogP contribution in [-0.4, -0.2) is 22.5 Å². The third-order valence-corrected chi connectivity index (χ3v) is 7.05. The number of halogens is 1. The van der Waals surface area contributed by atoms with Gasteiger partial charge in [0.05, 0.1) is 5.70 Å². The van der Waals surface area contributed by atoms with Gasteiger partial charge >= 0.3 is 0 Å². The van der Waals surface area contributed by atoms with E-state index >= 15 is 0 Å². The number of ketones is 2. The van der Waals surface area contributed by atoms with E-state index in [2.05, 4.69) is 18.7 Å². The van der Waals surface area contributed by atoms with Crippen molar-refractivity contribution in [3.8, 4) is 0 Å². The molecule has 2 aromatic rings. The van der Waals surface area contributed by atoms with Crippen LogP contribution in [-0.2, 0) is 4.79 Å². The molecule has 1 unspecified atom stereocenters. The molecule has 6 rings (SSSR count). The van der Waals surface area contributed by atoms with E-state index in [-0.39, 0.29) is 22.8 Å². The predicted octanol–water partition coefficient (Wildman–Crippen LogP) is 5.64. The number of hydrogen-bond acceptors (Lipinski definition) is 3. The first-order chi connectivity index (χ1) is 14.9.